The lowest BCUT2D eigenvalue weighted by molar-refractivity contribution is 0.102. The largest absolute Gasteiger partial charge is 0.486 e. The summed E-state index contributed by atoms with van der Waals surface area (Å²) in [6.07, 6.45) is 0. The fraction of sp³-hybridized carbons (Fsp3) is 0.188. The number of amides is 1. The van der Waals surface area contributed by atoms with Gasteiger partial charge in [0.1, 0.15) is 13.2 Å². The van der Waals surface area contributed by atoms with Crippen LogP contribution in [0.1, 0.15) is 16.1 Å². The van der Waals surface area contributed by atoms with Gasteiger partial charge < -0.3 is 19.3 Å². The van der Waals surface area contributed by atoms with E-state index in [0.29, 0.717) is 47.2 Å². The van der Waals surface area contributed by atoms with E-state index in [1.165, 1.54) is 0 Å². The van der Waals surface area contributed by atoms with Gasteiger partial charge in [-0.3, -0.25) is 4.79 Å². The number of hydrogen-bond donors (Lipinski definition) is 1. The number of carbonyl (C=O) groups is 1. The molecule has 1 amide bonds. The number of aromatic nitrogens is 2. The van der Waals surface area contributed by atoms with Crippen molar-refractivity contribution in [1.82, 2.24) is 10.1 Å². The maximum Gasteiger partial charge on any atom is 0.260 e. The molecule has 0 aliphatic carbocycles. The molecule has 4 rings (SSSR count). The Bertz CT molecular complexity index is 903. The van der Waals surface area contributed by atoms with Gasteiger partial charge in [0.05, 0.1) is 5.39 Å². The molecule has 3 heterocycles. The van der Waals surface area contributed by atoms with Crippen LogP contribution in [0.2, 0.25) is 0 Å². The monoisotopic (exact) mass is 311 g/mol. The highest BCUT2D eigenvalue weighted by Gasteiger charge is 2.17. The second-order valence-corrected chi connectivity index (χ2v) is 5.15. The molecule has 7 heteroatoms. The zero-order valence-electron chi connectivity index (χ0n) is 12.3. The van der Waals surface area contributed by atoms with Gasteiger partial charge in [-0.15, -0.1) is 0 Å². The standard InChI is InChI=1S/C16H13N3O4/c1-9-2-4-11-14(19-23-16(11)17-9)18-15(20)10-3-5-12-13(8-10)22-7-6-21-12/h2-5,8H,6-7H2,1H3,(H,18,19,20). The van der Waals surface area contributed by atoms with Gasteiger partial charge in [-0.1, -0.05) is 5.16 Å². The molecule has 7 nitrogen and oxygen atoms in total. The van der Waals surface area contributed by atoms with Crippen molar-refractivity contribution in [2.45, 2.75) is 6.92 Å². The van der Waals surface area contributed by atoms with Crippen LogP contribution in [0, 0.1) is 6.92 Å². The third-order valence-electron chi connectivity index (χ3n) is 3.51. The summed E-state index contributed by atoms with van der Waals surface area (Å²) in [5.41, 5.74) is 1.66. The van der Waals surface area contributed by atoms with E-state index < -0.39 is 0 Å². The van der Waals surface area contributed by atoms with Crippen molar-refractivity contribution in [2.75, 3.05) is 18.5 Å². The van der Waals surface area contributed by atoms with Crippen molar-refractivity contribution in [2.24, 2.45) is 0 Å². The highest BCUT2D eigenvalue weighted by Crippen LogP contribution is 2.31. The molecule has 1 aromatic carbocycles. The summed E-state index contributed by atoms with van der Waals surface area (Å²) in [6.45, 7) is 2.84. The van der Waals surface area contributed by atoms with Gasteiger partial charge in [-0.2, -0.15) is 0 Å². The molecular formula is C16H13N3O4. The van der Waals surface area contributed by atoms with Gasteiger partial charge in [-0.25, -0.2) is 4.98 Å². The highest BCUT2D eigenvalue weighted by atomic mass is 16.6. The summed E-state index contributed by atoms with van der Waals surface area (Å²) in [5.74, 6) is 1.23. The van der Waals surface area contributed by atoms with Crippen LogP contribution >= 0.6 is 0 Å². The number of aryl methyl sites for hydroxylation is 1. The van der Waals surface area contributed by atoms with E-state index in [9.17, 15) is 4.79 Å². The number of benzene rings is 1. The van der Waals surface area contributed by atoms with Crippen LogP contribution in [0.15, 0.2) is 34.9 Å². The zero-order chi connectivity index (χ0) is 15.8. The first-order valence-corrected chi connectivity index (χ1v) is 7.15. The molecule has 0 saturated heterocycles. The van der Waals surface area contributed by atoms with E-state index >= 15 is 0 Å². The number of fused-ring (bicyclic) bond motifs is 2. The Morgan fingerprint density at radius 2 is 1.96 bits per heavy atom. The van der Waals surface area contributed by atoms with Gasteiger partial charge in [0, 0.05) is 11.3 Å². The molecule has 23 heavy (non-hydrogen) atoms. The predicted octanol–water partition coefficient (Wildman–Crippen LogP) is 2.55. The lowest BCUT2D eigenvalue weighted by atomic mass is 10.2. The number of ether oxygens (including phenoxy) is 2. The summed E-state index contributed by atoms with van der Waals surface area (Å²) in [5, 5.41) is 7.25. The van der Waals surface area contributed by atoms with Crippen molar-refractivity contribution in [1.29, 1.82) is 0 Å². The molecule has 0 spiro atoms. The van der Waals surface area contributed by atoms with E-state index in [1.807, 2.05) is 19.1 Å². The lowest BCUT2D eigenvalue weighted by Gasteiger charge is -2.18. The minimum atomic E-state index is -0.308. The van der Waals surface area contributed by atoms with Crippen LogP contribution in [0.4, 0.5) is 5.82 Å². The van der Waals surface area contributed by atoms with Crippen LogP contribution in [-0.4, -0.2) is 29.3 Å². The Morgan fingerprint density at radius 1 is 1.13 bits per heavy atom. The van der Waals surface area contributed by atoms with Crippen LogP contribution in [0.25, 0.3) is 11.1 Å². The fourth-order valence-electron chi connectivity index (χ4n) is 2.38. The molecule has 1 N–H and O–H groups in total. The minimum Gasteiger partial charge on any atom is -0.486 e. The summed E-state index contributed by atoms with van der Waals surface area (Å²) in [6, 6.07) is 8.68. The van der Waals surface area contributed by atoms with Crippen molar-refractivity contribution >= 4 is 22.8 Å². The van der Waals surface area contributed by atoms with E-state index in [-0.39, 0.29) is 5.91 Å². The van der Waals surface area contributed by atoms with Crippen molar-refractivity contribution < 1.29 is 18.8 Å². The zero-order valence-corrected chi connectivity index (χ0v) is 12.3. The van der Waals surface area contributed by atoms with Crippen molar-refractivity contribution in [3.05, 3.63) is 41.6 Å². The van der Waals surface area contributed by atoms with Crippen molar-refractivity contribution in [3.8, 4) is 11.5 Å². The molecule has 1 aliphatic rings. The van der Waals surface area contributed by atoms with Gasteiger partial charge in [0.25, 0.3) is 11.6 Å². The minimum absolute atomic E-state index is 0.308. The summed E-state index contributed by atoms with van der Waals surface area (Å²) >= 11 is 0. The Kier molecular flexibility index (Phi) is 3.11. The Labute approximate surface area is 131 Å². The van der Waals surface area contributed by atoms with Crippen LogP contribution in [0.5, 0.6) is 11.5 Å². The molecule has 0 bridgehead atoms. The summed E-state index contributed by atoms with van der Waals surface area (Å²) in [7, 11) is 0. The van der Waals surface area contributed by atoms with Gasteiger partial charge in [0.2, 0.25) is 0 Å². The molecule has 1 aliphatic heterocycles. The molecule has 0 unspecified atom stereocenters. The number of carbonyl (C=O) groups excluding carboxylic acids is 1. The summed E-state index contributed by atoms with van der Waals surface area (Å²) < 4.78 is 16.1. The molecule has 116 valence electrons. The van der Waals surface area contributed by atoms with E-state index in [1.54, 1.807) is 18.2 Å². The highest BCUT2D eigenvalue weighted by molar-refractivity contribution is 6.07. The van der Waals surface area contributed by atoms with E-state index in [4.69, 9.17) is 14.0 Å². The average Bonchev–Trinajstić information content (AvgIpc) is 2.96. The molecule has 0 radical (unpaired) electrons. The first-order chi connectivity index (χ1) is 11.2. The topological polar surface area (TPSA) is 86.5 Å². The average molecular weight is 311 g/mol. The molecule has 0 saturated carbocycles. The van der Waals surface area contributed by atoms with Crippen LogP contribution in [-0.2, 0) is 0 Å². The predicted molar refractivity (Wildman–Crippen MR) is 81.9 cm³/mol. The van der Waals surface area contributed by atoms with Crippen molar-refractivity contribution in [3.63, 3.8) is 0 Å². The van der Waals surface area contributed by atoms with Gasteiger partial charge in [0.15, 0.2) is 17.3 Å². The number of hydrogen-bond acceptors (Lipinski definition) is 6. The number of pyridine rings is 1. The smallest absolute Gasteiger partial charge is 0.260 e. The second-order valence-electron chi connectivity index (χ2n) is 5.15. The normalized spacial score (nSPS) is 13.1. The molecule has 3 aromatic rings. The number of anilines is 1. The molecule has 0 atom stereocenters. The fourth-order valence-corrected chi connectivity index (χ4v) is 2.38. The SMILES string of the molecule is Cc1ccc2c(NC(=O)c3ccc4c(c3)OCCO4)noc2n1. The first-order valence-electron chi connectivity index (χ1n) is 7.15. The number of nitrogens with one attached hydrogen (secondary N) is 1. The Hall–Kier alpha value is -3.09. The first kappa shape index (κ1) is 13.6. The van der Waals surface area contributed by atoms with Gasteiger partial charge in [-0.05, 0) is 37.3 Å². The maximum absolute atomic E-state index is 12.4. The maximum atomic E-state index is 12.4. The molecular weight excluding hydrogens is 298 g/mol. The third kappa shape index (κ3) is 2.46. The Balaban J connectivity index is 1.61. The quantitative estimate of drug-likeness (QED) is 0.782. The summed E-state index contributed by atoms with van der Waals surface area (Å²) in [4.78, 5) is 16.6. The Morgan fingerprint density at radius 3 is 2.83 bits per heavy atom. The molecule has 2 aromatic heterocycles. The van der Waals surface area contributed by atoms with E-state index in [2.05, 4.69) is 15.5 Å². The molecule has 0 fully saturated rings. The third-order valence-corrected chi connectivity index (χ3v) is 3.51. The number of rotatable bonds is 2. The number of nitrogens with zero attached hydrogens (tertiary/aromatic N) is 2. The van der Waals surface area contributed by atoms with Gasteiger partial charge >= 0.3 is 0 Å². The second kappa shape index (κ2) is 5.28. The lowest BCUT2D eigenvalue weighted by Crippen LogP contribution is -2.17. The van der Waals surface area contributed by atoms with Crippen LogP contribution in [0.3, 0.4) is 0 Å². The van der Waals surface area contributed by atoms with E-state index in [0.717, 1.165) is 5.69 Å². The van der Waals surface area contributed by atoms with Crippen LogP contribution < -0.4 is 14.8 Å².